The molecular formula is C12H9N3O5. The SMILES string of the molecule is Cc1cc(Oc2ncc(C(=O)O)cn2)ccc1[N+](=O)[O-]. The number of nitrogens with zero attached hydrogens (tertiary/aromatic N) is 3. The minimum absolute atomic E-state index is 0.0144. The standard InChI is InChI=1S/C12H9N3O5/c1-7-4-9(2-3-10(7)15(18)19)20-12-13-5-8(6-14-12)11(16)17/h2-6H,1H3,(H,16,17). The van der Waals surface area contributed by atoms with E-state index in [2.05, 4.69) is 9.97 Å². The van der Waals surface area contributed by atoms with Crippen molar-refractivity contribution in [2.45, 2.75) is 6.92 Å². The van der Waals surface area contributed by atoms with Gasteiger partial charge in [-0.25, -0.2) is 14.8 Å². The molecule has 8 heteroatoms. The van der Waals surface area contributed by atoms with E-state index >= 15 is 0 Å². The van der Waals surface area contributed by atoms with Gasteiger partial charge in [0.25, 0.3) is 5.69 Å². The Balaban J connectivity index is 2.19. The minimum Gasteiger partial charge on any atom is -0.478 e. The van der Waals surface area contributed by atoms with Gasteiger partial charge < -0.3 is 9.84 Å². The van der Waals surface area contributed by atoms with E-state index in [-0.39, 0.29) is 17.3 Å². The van der Waals surface area contributed by atoms with Crippen molar-refractivity contribution in [1.82, 2.24) is 9.97 Å². The van der Waals surface area contributed by atoms with Crippen LogP contribution in [0.5, 0.6) is 11.8 Å². The van der Waals surface area contributed by atoms with Gasteiger partial charge in [0.15, 0.2) is 0 Å². The number of rotatable bonds is 4. The highest BCUT2D eigenvalue weighted by atomic mass is 16.6. The zero-order valence-corrected chi connectivity index (χ0v) is 10.3. The third kappa shape index (κ3) is 2.86. The Bertz CT molecular complexity index is 669. The van der Waals surface area contributed by atoms with Crippen molar-refractivity contribution in [1.29, 1.82) is 0 Å². The van der Waals surface area contributed by atoms with Gasteiger partial charge in [0.05, 0.1) is 10.5 Å². The van der Waals surface area contributed by atoms with Gasteiger partial charge in [-0.2, -0.15) is 0 Å². The second kappa shape index (κ2) is 5.31. The first-order valence-corrected chi connectivity index (χ1v) is 5.45. The molecule has 0 fully saturated rings. The van der Waals surface area contributed by atoms with Crippen molar-refractivity contribution in [3.63, 3.8) is 0 Å². The zero-order chi connectivity index (χ0) is 14.7. The molecule has 0 saturated carbocycles. The van der Waals surface area contributed by atoms with Crippen molar-refractivity contribution < 1.29 is 19.6 Å². The highest BCUT2D eigenvalue weighted by Gasteiger charge is 2.12. The van der Waals surface area contributed by atoms with Crippen LogP contribution in [0.3, 0.4) is 0 Å². The maximum atomic E-state index is 10.7. The van der Waals surface area contributed by atoms with Crippen molar-refractivity contribution in [2.24, 2.45) is 0 Å². The number of aryl methyl sites for hydroxylation is 1. The van der Waals surface area contributed by atoms with Crippen LogP contribution in [0, 0.1) is 17.0 Å². The van der Waals surface area contributed by atoms with Gasteiger partial charge in [0.2, 0.25) is 0 Å². The summed E-state index contributed by atoms with van der Waals surface area (Å²) < 4.78 is 5.29. The molecule has 0 radical (unpaired) electrons. The third-order valence-electron chi connectivity index (χ3n) is 2.45. The minimum atomic E-state index is -1.14. The van der Waals surface area contributed by atoms with Crippen LogP contribution in [0.25, 0.3) is 0 Å². The van der Waals surface area contributed by atoms with E-state index in [1.807, 2.05) is 0 Å². The highest BCUT2D eigenvalue weighted by molar-refractivity contribution is 5.86. The lowest BCUT2D eigenvalue weighted by molar-refractivity contribution is -0.385. The molecule has 0 atom stereocenters. The summed E-state index contributed by atoms with van der Waals surface area (Å²) in [6.45, 7) is 1.58. The normalized spacial score (nSPS) is 10.1. The predicted octanol–water partition coefficient (Wildman–Crippen LogP) is 2.18. The lowest BCUT2D eigenvalue weighted by Gasteiger charge is -2.04. The predicted molar refractivity (Wildman–Crippen MR) is 66.9 cm³/mol. The molecule has 0 aliphatic heterocycles. The fourth-order valence-electron chi connectivity index (χ4n) is 1.48. The molecule has 0 aliphatic carbocycles. The Kier molecular flexibility index (Phi) is 3.56. The average molecular weight is 275 g/mol. The van der Waals surface area contributed by atoms with Crippen LogP contribution in [0.1, 0.15) is 15.9 Å². The Hall–Kier alpha value is -3.03. The topological polar surface area (TPSA) is 115 Å². The maximum Gasteiger partial charge on any atom is 0.338 e. The molecule has 0 saturated heterocycles. The van der Waals surface area contributed by atoms with E-state index in [9.17, 15) is 14.9 Å². The van der Waals surface area contributed by atoms with Gasteiger partial charge in [0, 0.05) is 24.0 Å². The van der Waals surface area contributed by atoms with Gasteiger partial charge in [-0.05, 0) is 19.1 Å². The number of carbonyl (C=O) groups is 1. The first kappa shape index (κ1) is 13.4. The second-order valence-corrected chi connectivity index (χ2v) is 3.87. The number of carboxylic acid groups (broad SMARTS) is 1. The van der Waals surface area contributed by atoms with Crippen LogP contribution in [0.15, 0.2) is 30.6 Å². The number of ether oxygens (including phenoxy) is 1. The molecule has 20 heavy (non-hydrogen) atoms. The van der Waals surface area contributed by atoms with Crippen molar-refractivity contribution in [3.8, 4) is 11.8 Å². The first-order valence-electron chi connectivity index (χ1n) is 5.45. The molecule has 0 spiro atoms. The summed E-state index contributed by atoms with van der Waals surface area (Å²) in [5.74, 6) is -0.807. The number of benzene rings is 1. The fourth-order valence-corrected chi connectivity index (χ4v) is 1.48. The number of nitro benzene ring substituents is 1. The molecule has 1 heterocycles. The van der Waals surface area contributed by atoms with Crippen molar-refractivity contribution in [3.05, 3.63) is 51.8 Å². The van der Waals surface area contributed by atoms with Crippen LogP contribution in [0.4, 0.5) is 5.69 Å². The lowest BCUT2D eigenvalue weighted by Crippen LogP contribution is -2.00. The molecule has 2 rings (SSSR count). The summed E-state index contributed by atoms with van der Waals surface area (Å²) in [4.78, 5) is 28.3. The Morgan fingerprint density at radius 3 is 2.50 bits per heavy atom. The van der Waals surface area contributed by atoms with Crippen LogP contribution in [-0.4, -0.2) is 26.0 Å². The number of hydrogen-bond donors (Lipinski definition) is 1. The third-order valence-corrected chi connectivity index (χ3v) is 2.45. The number of aromatic carboxylic acids is 1. The average Bonchev–Trinajstić information content (AvgIpc) is 2.39. The van der Waals surface area contributed by atoms with Gasteiger partial charge >= 0.3 is 12.0 Å². The monoisotopic (exact) mass is 275 g/mol. The largest absolute Gasteiger partial charge is 0.478 e. The van der Waals surface area contributed by atoms with E-state index in [0.717, 1.165) is 12.4 Å². The zero-order valence-electron chi connectivity index (χ0n) is 10.3. The molecule has 0 unspecified atom stereocenters. The summed E-state index contributed by atoms with van der Waals surface area (Å²) in [5.41, 5.74) is 0.367. The molecule has 2 aromatic rings. The molecule has 1 aromatic heterocycles. The van der Waals surface area contributed by atoms with Crippen LogP contribution >= 0.6 is 0 Å². The molecule has 0 bridgehead atoms. The number of aromatic nitrogens is 2. The van der Waals surface area contributed by atoms with Gasteiger partial charge in [-0.3, -0.25) is 10.1 Å². The summed E-state index contributed by atoms with van der Waals surface area (Å²) in [6.07, 6.45) is 2.23. The van der Waals surface area contributed by atoms with E-state index in [4.69, 9.17) is 9.84 Å². The molecular weight excluding hydrogens is 266 g/mol. The summed E-state index contributed by atoms with van der Waals surface area (Å²) in [6, 6.07) is 4.17. The molecule has 1 N–H and O–H groups in total. The van der Waals surface area contributed by atoms with E-state index in [1.165, 1.54) is 18.2 Å². The number of hydrogen-bond acceptors (Lipinski definition) is 6. The quantitative estimate of drug-likeness (QED) is 0.671. The van der Waals surface area contributed by atoms with Crippen molar-refractivity contribution >= 4 is 11.7 Å². The molecule has 0 aliphatic rings. The Morgan fingerprint density at radius 1 is 1.35 bits per heavy atom. The Morgan fingerprint density at radius 2 is 2.00 bits per heavy atom. The van der Waals surface area contributed by atoms with Crippen LogP contribution in [0.2, 0.25) is 0 Å². The van der Waals surface area contributed by atoms with E-state index < -0.39 is 10.9 Å². The first-order chi connectivity index (χ1) is 9.47. The Labute approximate surface area is 112 Å². The molecule has 1 aromatic carbocycles. The number of carboxylic acids is 1. The summed E-state index contributed by atoms with van der Waals surface area (Å²) >= 11 is 0. The van der Waals surface area contributed by atoms with E-state index in [0.29, 0.717) is 11.3 Å². The van der Waals surface area contributed by atoms with Gasteiger partial charge in [-0.15, -0.1) is 0 Å². The summed E-state index contributed by atoms with van der Waals surface area (Å²) in [5, 5.41) is 19.4. The molecule has 0 amide bonds. The van der Waals surface area contributed by atoms with Gasteiger partial charge in [-0.1, -0.05) is 0 Å². The highest BCUT2D eigenvalue weighted by Crippen LogP contribution is 2.25. The van der Waals surface area contributed by atoms with Crippen LogP contribution in [-0.2, 0) is 0 Å². The number of nitro groups is 1. The summed E-state index contributed by atoms with van der Waals surface area (Å²) in [7, 11) is 0. The maximum absolute atomic E-state index is 10.7. The second-order valence-electron chi connectivity index (χ2n) is 3.87. The van der Waals surface area contributed by atoms with Crippen LogP contribution < -0.4 is 4.74 Å². The smallest absolute Gasteiger partial charge is 0.338 e. The van der Waals surface area contributed by atoms with Gasteiger partial charge in [0.1, 0.15) is 5.75 Å². The lowest BCUT2D eigenvalue weighted by atomic mass is 10.2. The molecule has 102 valence electrons. The fraction of sp³-hybridized carbons (Fsp3) is 0.0833. The van der Waals surface area contributed by atoms with Crippen molar-refractivity contribution in [2.75, 3.05) is 0 Å². The molecule has 8 nitrogen and oxygen atoms in total. The van der Waals surface area contributed by atoms with E-state index in [1.54, 1.807) is 6.92 Å².